The van der Waals surface area contributed by atoms with Gasteiger partial charge in [0.25, 0.3) is 0 Å². The number of halogens is 2. The van der Waals surface area contributed by atoms with Gasteiger partial charge in [0.15, 0.2) is 5.75 Å². The fourth-order valence-electron chi connectivity index (χ4n) is 4.00. The number of rotatable bonds is 6. The third-order valence-corrected chi connectivity index (χ3v) is 5.97. The van der Waals surface area contributed by atoms with Gasteiger partial charge in [0, 0.05) is 29.0 Å². The molecule has 3 atom stereocenters. The number of amides is 1. The summed E-state index contributed by atoms with van der Waals surface area (Å²) in [6.07, 6.45) is 9.13. The van der Waals surface area contributed by atoms with Gasteiger partial charge < -0.3 is 10.1 Å². The van der Waals surface area contributed by atoms with Crippen LogP contribution < -0.4 is 10.1 Å². The van der Waals surface area contributed by atoms with Gasteiger partial charge in [0.1, 0.15) is 17.5 Å². The van der Waals surface area contributed by atoms with Gasteiger partial charge in [-0.25, -0.2) is 19.3 Å². The average molecular weight is 429 g/mol. The predicted molar refractivity (Wildman–Crippen MR) is 112 cm³/mol. The largest absolute Gasteiger partial charge is 0.489 e. The summed E-state index contributed by atoms with van der Waals surface area (Å²) in [5.74, 6) is 0.783. The zero-order valence-corrected chi connectivity index (χ0v) is 17.5. The standard InChI is InChI=1S/C22H22ClFN4O2/c1-13-19(11-26-14(2)27-13)30-12-22(15-4-3-5-17(24)8-15)10-18(22)21(29)28-20-9-16(23)6-7-25-20/h3-7,9,11,15,18H,8,10,12H2,1-2H3,(H,25,28,29)/t15?,18-,22+/m0/s1. The van der Waals surface area contributed by atoms with E-state index in [9.17, 15) is 9.18 Å². The molecule has 8 heteroatoms. The molecule has 0 spiro atoms. The minimum absolute atomic E-state index is 0.141. The highest BCUT2D eigenvalue weighted by Gasteiger charge is 2.62. The van der Waals surface area contributed by atoms with Gasteiger partial charge in [-0.3, -0.25) is 4.79 Å². The summed E-state index contributed by atoms with van der Waals surface area (Å²) in [5, 5.41) is 3.31. The fraction of sp³-hybridized carbons (Fsp3) is 0.364. The topological polar surface area (TPSA) is 77.0 Å². The molecule has 0 bridgehead atoms. The number of hydrogen-bond donors (Lipinski definition) is 1. The van der Waals surface area contributed by atoms with Crippen LogP contribution in [0.4, 0.5) is 10.2 Å². The number of hydrogen-bond acceptors (Lipinski definition) is 5. The first-order valence-electron chi connectivity index (χ1n) is 9.76. The normalized spacial score (nSPS) is 24.9. The van der Waals surface area contributed by atoms with Crippen LogP contribution in [0.5, 0.6) is 5.75 Å². The van der Waals surface area contributed by atoms with Crippen LogP contribution in [0.2, 0.25) is 5.02 Å². The highest BCUT2D eigenvalue weighted by Crippen LogP contribution is 2.60. The molecule has 1 saturated carbocycles. The Kier molecular flexibility index (Phi) is 5.56. The first kappa shape index (κ1) is 20.5. The smallest absolute Gasteiger partial charge is 0.229 e. The molecule has 0 saturated heterocycles. The van der Waals surface area contributed by atoms with Crippen LogP contribution in [0, 0.1) is 31.1 Å². The van der Waals surface area contributed by atoms with E-state index >= 15 is 0 Å². The van der Waals surface area contributed by atoms with Crippen LogP contribution in [-0.4, -0.2) is 27.5 Å². The summed E-state index contributed by atoms with van der Waals surface area (Å²) in [6.45, 7) is 3.93. The molecule has 6 nitrogen and oxygen atoms in total. The summed E-state index contributed by atoms with van der Waals surface area (Å²) in [5.41, 5.74) is 0.218. The van der Waals surface area contributed by atoms with E-state index in [1.165, 1.54) is 12.3 Å². The van der Waals surface area contributed by atoms with E-state index in [-0.39, 0.29) is 36.6 Å². The van der Waals surface area contributed by atoms with Crippen molar-refractivity contribution in [1.82, 2.24) is 15.0 Å². The van der Waals surface area contributed by atoms with Crippen LogP contribution in [-0.2, 0) is 4.79 Å². The Morgan fingerprint density at radius 1 is 1.40 bits per heavy atom. The molecular weight excluding hydrogens is 407 g/mol. The Balaban J connectivity index is 1.53. The molecule has 2 aliphatic carbocycles. The second-order valence-electron chi connectivity index (χ2n) is 7.80. The number of carbonyl (C=O) groups is 1. The molecule has 156 valence electrons. The Labute approximate surface area is 179 Å². The van der Waals surface area contributed by atoms with E-state index in [0.29, 0.717) is 28.8 Å². The molecule has 0 radical (unpaired) electrons. The lowest BCUT2D eigenvalue weighted by atomic mass is 9.82. The van der Waals surface area contributed by atoms with E-state index < -0.39 is 5.41 Å². The fourth-order valence-corrected chi connectivity index (χ4v) is 4.16. The molecule has 0 aromatic carbocycles. The minimum atomic E-state index is -0.512. The number of carbonyl (C=O) groups excluding carboxylic acids is 1. The Morgan fingerprint density at radius 3 is 2.97 bits per heavy atom. The maximum Gasteiger partial charge on any atom is 0.229 e. The lowest BCUT2D eigenvalue weighted by Gasteiger charge is -2.27. The summed E-state index contributed by atoms with van der Waals surface area (Å²) >= 11 is 5.98. The van der Waals surface area contributed by atoms with E-state index in [1.54, 1.807) is 24.4 Å². The van der Waals surface area contributed by atoms with Gasteiger partial charge >= 0.3 is 0 Å². The number of pyridine rings is 1. The molecule has 2 aromatic heterocycles. The molecule has 1 amide bonds. The first-order chi connectivity index (χ1) is 14.4. The number of allylic oxidation sites excluding steroid dienone is 4. The molecule has 2 aromatic rings. The third-order valence-electron chi connectivity index (χ3n) is 5.73. The van der Waals surface area contributed by atoms with E-state index in [2.05, 4.69) is 20.3 Å². The van der Waals surface area contributed by atoms with Crippen molar-refractivity contribution in [3.05, 3.63) is 65.1 Å². The molecule has 30 heavy (non-hydrogen) atoms. The summed E-state index contributed by atoms with van der Waals surface area (Å²) in [7, 11) is 0. The number of aryl methyl sites for hydroxylation is 2. The van der Waals surface area contributed by atoms with Crippen LogP contribution >= 0.6 is 11.6 Å². The Bertz CT molecular complexity index is 1040. The zero-order valence-electron chi connectivity index (χ0n) is 16.7. The monoisotopic (exact) mass is 428 g/mol. The molecule has 4 rings (SSSR count). The van der Waals surface area contributed by atoms with Crippen molar-refractivity contribution in [1.29, 1.82) is 0 Å². The highest BCUT2D eigenvalue weighted by molar-refractivity contribution is 6.30. The van der Waals surface area contributed by atoms with Crippen molar-refractivity contribution in [3.8, 4) is 5.75 Å². The van der Waals surface area contributed by atoms with Crippen LogP contribution in [0.3, 0.4) is 0 Å². The Hall–Kier alpha value is -2.80. The van der Waals surface area contributed by atoms with Gasteiger partial charge in [-0.15, -0.1) is 0 Å². The van der Waals surface area contributed by atoms with E-state index in [4.69, 9.17) is 16.3 Å². The summed E-state index contributed by atoms with van der Waals surface area (Å²) in [6, 6.07) is 3.23. The van der Waals surface area contributed by atoms with Crippen molar-refractivity contribution in [3.63, 3.8) is 0 Å². The van der Waals surface area contributed by atoms with Crippen LogP contribution in [0.1, 0.15) is 24.4 Å². The molecule has 1 unspecified atom stereocenters. The molecule has 2 heterocycles. The van der Waals surface area contributed by atoms with Gasteiger partial charge in [0.05, 0.1) is 18.5 Å². The highest BCUT2D eigenvalue weighted by atomic mass is 35.5. The van der Waals surface area contributed by atoms with Gasteiger partial charge in [-0.1, -0.05) is 23.8 Å². The van der Waals surface area contributed by atoms with Crippen LogP contribution in [0.25, 0.3) is 0 Å². The van der Waals surface area contributed by atoms with Crippen molar-refractivity contribution in [2.75, 3.05) is 11.9 Å². The third kappa shape index (κ3) is 4.21. The predicted octanol–water partition coefficient (Wildman–Crippen LogP) is 4.60. The molecule has 1 fully saturated rings. The lowest BCUT2D eigenvalue weighted by Crippen LogP contribution is -2.30. The minimum Gasteiger partial charge on any atom is -0.489 e. The summed E-state index contributed by atoms with van der Waals surface area (Å²) < 4.78 is 20.0. The van der Waals surface area contributed by atoms with Gasteiger partial charge in [-0.05, 0) is 44.4 Å². The van der Waals surface area contributed by atoms with Crippen molar-refractivity contribution in [2.24, 2.45) is 17.3 Å². The molecule has 1 N–H and O–H groups in total. The van der Waals surface area contributed by atoms with Crippen molar-refractivity contribution >= 4 is 23.3 Å². The number of ether oxygens (including phenoxy) is 1. The van der Waals surface area contributed by atoms with Crippen LogP contribution in [0.15, 0.2) is 48.6 Å². The second-order valence-corrected chi connectivity index (χ2v) is 8.24. The molecule has 2 aliphatic rings. The quantitative estimate of drug-likeness (QED) is 0.727. The first-order valence-corrected chi connectivity index (χ1v) is 10.1. The van der Waals surface area contributed by atoms with E-state index in [0.717, 1.165) is 5.69 Å². The SMILES string of the molecule is Cc1ncc(OC[C@@]2(C3C=CC=C(F)C3)C[C@H]2C(=O)Nc2cc(Cl)ccn2)c(C)n1. The van der Waals surface area contributed by atoms with Crippen molar-refractivity contribution in [2.45, 2.75) is 26.7 Å². The molecular formula is C22H22ClFN4O2. The average Bonchev–Trinajstić information content (AvgIpc) is 3.43. The number of nitrogens with zero attached hydrogens (tertiary/aromatic N) is 3. The van der Waals surface area contributed by atoms with Gasteiger partial charge in [0.2, 0.25) is 5.91 Å². The maximum atomic E-state index is 14.0. The number of anilines is 1. The van der Waals surface area contributed by atoms with E-state index in [1.807, 2.05) is 19.9 Å². The van der Waals surface area contributed by atoms with Gasteiger partial charge in [-0.2, -0.15) is 0 Å². The lowest BCUT2D eigenvalue weighted by molar-refractivity contribution is -0.118. The second kappa shape index (κ2) is 8.14. The number of nitrogens with one attached hydrogen (secondary N) is 1. The molecule has 0 aliphatic heterocycles. The summed E-state index contributed by atoms with van der Waals surface area (Å²) in [4.78, 5) is 25.6. The maximum absolute atomic E-state index is 14.0. The zero-order chi connectivity index (χ0) is 21.3. The Morgan fingerprint density at radius 2 is 2.23 bits per heavy atom. The van der Waals surface area contributed by atoms with Crippen molar-refractivity contribution < 1.29 is 13.9 Å². The number of aromatic nitrogens is 3.